The highest BCUT2D eigenvalue weighted by Gasteiger charge is 2.38. The zero-order chi connectivity index (χ0) is 23.0. The first-order valence-electron chi connectivity index (χ1n) is 9.58. The molecule has 0 radical (unpaired) electrons. The molecule has 0 aliphatic carbocycles. The molecule has 0 fully saturated rings. The summed E-state index contributed by atoms with van der Waals surface area (Å²) in [6.45, 7) is 5.19. The van der Waals surface area contributed by atoms with Gasteiger partial charge in [0.1, 0.15) is 17.8 Å². The molecule has 0 unspecified atom stereocenters. The molecule has 0 saturated carbocycles. The summed E-state index contributed by atoms with van der Waals surface area (Å²) in [5.74, 6) is 0. The number of rotatable bonds is 6. The van der Waals surface area contributed by atoms with Crippen LogP contribution in [0.4, 0.5) is 13.2 Å². The van der Waals surface area contributed by atoms with Gasteiger partial charge in [-0.1, -0.05) is 19.1 Å². The molecule has 164 valence electrons. The molecule has 0 saturated heterocycles. The van der Waals surface area contributed by atoms with E-state index < -0.39 is 22.2 Å². The third kappa shape index (κ3) is 4.43. The Morgan fingerprint density at radius 3 is 2.45 bits per heavy atom. The van der Waals surface area contributed by atoms with Gasteiger partial charge in [0.2, 0.25) is 10.0 Å². The quantitative estimate of drug-likeness (QED) is 0.598. The molecule has 0 amide bonds. The molecule has 0 bridgehead atoms. The summed E-state index contributed by atoms with van der Waals surface area (Å²) in [6, 6.07) is 7.30. The van der Waals surface area contributed by atoms with Gasteiger partial charge in [0.25, 0.3) is 0 Å². The lowest BCUT2D eigenvalue weighted by molar-refractivity contribution is -0.147. The Kier molecular flexibility index (Phi) is 6.11. The maximum atomic E-state index is 12.7. The van der Waals surface area contributed by atoms with Crippen LogP contribution < -0.4 is 4.72 Å². The predicted octanol–water partition coefficient (Wildman–Crippen LogP) is 4.52. The summed E-state index contributed by atoms with van der Waals surface area (Å²) in [5.41, 5.74) is 3.13. The summed E-state index contributed by atoms with van der Waals surface area (Å²) >= 11 is 0. The van der Waals surface area contributed by atoms with Crippen molar-refractivity contribution in [1.29, 1.82) is 5.26 Å². The van der Waals surface area contributed by atoms with E-state index >= 15 is 0 Å². The van der Waals surface area contributed by atoms with Crippen LogP contribution >= 0.6 is 0 Å². The maximum absolute atomic E-state index is 12.7. The molecule has 2 aromatic heterocycles. The Labute approximate surface area is 178 Å². The van der Waals surface area contributed by atoms with Gasteiger partial charge in [-0.3, -0.25) is 0 Å². The number of fused-ring (bicyclic) bond motifs is 1. The van der Waals surface area contributed by atoms with Crippen LogP contribution in [0.2, 0.25) is 0 Å². The van der Waals surface area contributed by atoms with Crippen LogP contribution in [-0.2, 0) is 16.6 Å². The minimum atomic E-state index is -4.69. The van der Waals surface area contributed by atoms with Gasteiger partial charge in [-0.15, -0.1) is 0 Å². The predicted molar refractivity (Wildman–Crippen MR) is 111 cm³/mol. The standard InChI is InChI=1S/C21H21F3N4O2S/c1-4-9-28-19(18(11-25)17-10-13(2)12-26-20(17)28)15-5-7-16(8-6-15)31(29,30)27-14(3)21(22,23)24/h5-8,10,12,14,27H,4,9H2,1-3H3/t14-/m0/s1. The van der Waals surface area contributed by atoms with Crippen molar-refractivity contribution < 1.29 is 21.6 Å². The van der Waals surface area contributed by atoms with E-state index in [0.29, 0.717) is 34.4 Å². The van der Waals surface area contributed by atoms with Gasteiger partial charge in [-0.05, 0) is 49.6 Å². The fraction of sp³-hybridized carbons (Fsp3) is 0.333. The van der Waals surface area contributed by atoms with Crippen LogP contribution in [0, 0.1) is 18.3 Å². The van der Waals surface area contributed by atoms with Crippen molar-refractivity contribution >= 4 is 21.1 Å². The number of sulfonamides is 1. The molecule has 3 aromatic rings. The molecule has 1 N–H and O–H groups in total. The van der Waals surface area contributed by atoms with Crippen molar-refractivity contribution in [3.63, 3.8) is 0 Å². The number of nitrogens with one attached hydrogen (secondary N) is 1. The Morgan fingerprint density at radius 2 is 1.90 bits per heavy atom. The van der Waals surface area contributed by atoms with Gasteiger partial charge in [0, 0.05) is 18.1 Å². The Hall–Kier alpha value is -2.90. The lowest BCUT2D eigenvalue weighted by atomic mass is 10.1. The summed E-state index contributed by atoms with van der Waals surface area (Å²) in [7, 11) is -4.36. The molecule has 0 spiro atoms. The number of halogens is 3. The monoisotopic (exact) mass is 450 g/mol. The fourth-order valence-electron chi connectivity index (χ4n) is 3.34. The highest BCUT2D eigenvalue weighted by molar-refractivity contribution is 7.89. The molecule has 1 atom stereocenters. The maximum Gasteiger partial charge on any atom is 0.404 e. The highest BCUT2D eigenvalue weighted by Crippen LogP contribution is 2.34. The van der Waals surface area contributed by atoms with E-state index in [1.165, 1.54) is 24.3 Å². The average molecular weight is 450 g/mol. The second-order valence-electron chi connectivity index (χ2n) is 7.28. The SMILES string of the molecule is CCCn1c(-c2ccc(S(=O)(=O)N[C@@H](C)C(F)(F)F)cc2)c(C#N)c2cc(C)cnc21. The minimum Gasteiger partial charge on any atom is -0.324 e. The highest BCUT2D eigenvalue weighted by atomic mass is 32.2. The number of nitrogens with zero attached hydrogens (tertiary/aromatic N) is 3. The van der Waals surface area contributed by atoms with Gasteiger partial charge in [-0.2, -0.15) is 23.2 Å². The van der Waals surface area contributed by atoms with Crippen molar-refractivity contribution in [2.24, 2.45) is 0 Å². The summed E-state index contributed by atoms with van der Waals surface area (Å²) in [6.07, 6.45) is -2.20. The van der Waals surface area contributed by atoms with Gasteiger partial charge >= 0.3 is 6.18 Å². The van der Waals surface area contributed by atoms with E-state index in [-0.39, 0.29) is 4.90 Å². The molecule has 10 heteroatoms. The molecule has 0 aliphatic rings. The third-order valence-electron chi connectivity index (χ3n) is 4.86. The first kappa shape index (κ1) is 22.8. The van der Waals surface area contributed by atoms with Crippen molar-refractivity contribution in [1.82, 2.24) is 14.3 Å². The lowest BCUT2D eigenvalue weighted by Crippen LogP contribution is -2.42. The zero-order valence-corrected chi connectivity index (χ0v) is 18.0. The molecule has 6 nitrogen and oxygen atoms in total. The first-order valence-corrected chi connectivity index (χ1v) is 11.1. The minimum absolute atomic E-state index is 0.294. The molecule has 2 heterocycles. The Bertz CT molecular complexity index is 1260. The van der Waals surface area contributed by atoms with Crippen LogP contribution in [0.1, 0.15) is 31.4 Å². The first-order chi connectivity index (χ1) is 14.5. The van der Waals surface area contributed by atoms with Crippen molar-refractivity contribution in [3.05, 3.63) is 47.7 Å². The summed E-state index contributed by atoms with van der Waals surface area (Å²) < 4.78 is 66.4. The van der Waals surface area contributed by atoms with Crippen molar-refractivity contribution in [2.45, 2.75) is 50.9 Å². The Balaban J connectivity index is 2.09. The van der Waals surface area contributed by atoms with Crippen molar-refractivity contribution in [3.8, 4) is 17.3 Å². The number of nitriles is 1. The van der Waals surface area contributed by atoms with E-state index in [9.17, 15) is 26.9 Å². The normalized spacial score (nSPS) is 13.3. The third-order valence-corrected chi connectivity index (χ3v) is 6.41. The number of alkyl halides is 3. The average Bonchev–Trinajstić information content (AvgIpc) is 3.00. The zero-order valence-electron chi connectivity index (χ0n) is 17.2. The fourth-order valence-corrected chi connectivity index (χ4v) is 4.57. The van der Waals surface area contributed by atoms with Crippen LogP contribution in [0.3, 0.4) is 0 Å². The number of hydrogen-bond donors (Lipinski definition) is 1. The van der Waals surface area contributed by atoms with Crippen LogP contribution in [-0.4, -0.2) is 30.2 Å². The van der Waals surface area contributed by atoms with E-state index in [0.717, 1.165) is 18.9 Å². The van der Waals surface area contributed by atoms with E-state index in [1.54, 1.807) is 10.9 Å². The molecule has 1 aromatic carbocycles. The van der Waals surface area contributed by atoms with E-state index in [1.807, 2.05) is 24.5 Å². The number of benzene rings is 1. The molecule has 31 heavy (non-hydrogen) atoms. The summed E-state index contributed by atoms with van der Waals surface area (Å²) in [5, 5.41) is 10.5. The number of pyridine rings is 1. The second-order valence-corrected chi connectivity index (χ2v) is 8.99. The van der Waals surface area contributed by atoms with Gasteiger partial charge in [0.15, 0.2) is 0 Å². The summed E-state index contributed by atoms with van der Waals surface area (Å²) in [4.78, 5) is 4.17. The number of aromatic nitrogens is 2. The number of hydrogen-bond acceptors (Lipinski definition) is 4. The Morgan fingerprint density at radius 1 is 1.26 bits per heavy atom. The smallest absolute Gasteiger partial charge is 0.324 e. The molecular weight excluding hydrogens is 429 g/mol. The molecule has 3 rings (SSSR count). The van der Waals surface area contributed by atoms with E-state index in [4.69, 9.17) is 0 Å². The van der Waals surface area contributed by atoms with Crippen LogP contribution in [0.15, 0.2) is 41.4 Å². The lowest BCUT2D eigenvalue weighted by Gasteiger charge is -2.17. The van der Waals surface area contributed by atoms with Gasteiger partial charge in [0.05, 0.1) is 16.2 Å². The van der Waals surface area contributed by atoms with Crippen LogP contribution in [0.25, 0.3) is 22.3 Å². The van der Waals surface area contributed by atoms with Crippen molar-refractivity contribution in [2.75, 3.05) is 0 Å². The molecular formula is C21H21F3N4O2S. The topological polar surface area (TPSA) is 87.8 Å². The number of aryl methyl sites for hydroxylation is 2. The molecule has 0 aliphatic heterocycles. The van der Waals surface area contributed by atoms with Gasteiger partial charge in [-0.25, -0.2) is 13.4 Å². The second kappa shape index (κ2) is 8.32. The van der Waals surface area contributed by atoms with E-state index in [2.05, 4.69) is 11.1 Å². The largest absolute Gasteiger partial charge is 0.404 e. The van der Waals surface area contributed by atoms with Crippen LogP contribution in [0.5, 0.6) is 0 Å². The van der Waals surface area contributed by atoms with Gasteiger partial charge < -0.3 is 4.57 Å².